The normalized spacial score (nSPS) is 14.7. The van der Waals surface area contributed by atoms with E-state index < -0.39 is 7.60 Å². The molecule has 0 aromatic heterocycles. The first kappa shape index (κ1) is 11.2. The summed E-state index contributed by atoms with van der Waals surface area (Å²) in [6, 6.07) is 6.79. The van der Waals surface area contributed by atoms with Gasteiger partial charge in [0.15, 0.2) is 0 Å². The van der Waals surface area contributed by atoms with Crippen molar-refractivity contribution in [3.05, 3.63) is 36.4 Å². The Hall–Kier alpha value is -0.890. The van der Waals surface area contributed by atoms with E-state index in [-0.39, 0.29) is 6.61 Å². The van der Waals surface area contributed by atoms with Gasteiger partial charge in [0, 0.05) is 0 Å². The quantitative estimate of drug-likeness (QED) is 0.778. The fourth-order valence-electron chi connectivity index (χ4n) is 1.16. The maximum atomic E-state index is 11.7. The fourth-order valence-corrected chi connectivity index (χ4v) is 2.42. The van der Waals surface area contributed by atoms with Gasteiger partial charge in [-0.1, -0.05) is 30.9 Å². The summed E-state index contributed by atoms with van der Waals surface area (Å²) in [6.45, 7) is 5.46. The average molecular weight is 212 g/mol. The van der Waals surface area contributed by atoms with Crippen molar-refractivity contribution < 1.29 is 14.0 Å². The Bertz CT molecular complexity index is 373. The molecule has 3 nitrogen and oxygen atoms in total. The Morgan fingerprint density at radius 3 is 2.79 bits per heavy atom. The summed E-state index contributed by atoms with van der Waals surface area (Å²) in [5, 5.41) is 0.303. The molecule has 0 spiro atoms. The van der Waals surface area contributed by atoms with Crippen molar-refractivity contribution in [3.8, 4) is 0 Å². The largest absolute Gasteiger partial charge is 0.359 e. The van der Waals surface area contributed by atoms with Gasteiger partial charge < -0.3 is 9.42 Å². The van der Waals surface area contributed by atoms with Gasteiger partial charge in [0.05, 0.1) is 11.9 Å². The standard InChI is InChI=1S/C10H13O3P/c1-3-9-7-5-6-8-10(9)14(11,12)13-4-2/h3,5-8H,1,4H2,2H3,(H,11,12). The third-order valence-corrected chi connectivity index (χ3v) is 3.39. The third kappa shape index (κ3) is 2.32. The number of hydrogen-bond acceptors (Lipinski definition) is 2. The zero-order valence-corrected chi connectivity index (χ0v) is 8.91. The second kappa shape index (κ2) is 4.56. The van der Waals surface area contributed by atoms with Crippen molar-refractivity contribution in [1.82, 2.24) is 0 Å². The Labute approximate surface area is 83.6 Å². The van der Waals surface area contributed by atoms with E-state index >= 15 is 0 Å². The van der Waals surface area contributed by atoms with Gasteiger partial charge in [-0.15, -0.1) is 0 Å². The van der Waals surface area contributed by atoms with Crippen molar-refractivity contribution in [2.45, 2.75) is 6.92 Å². The molecule has 0 saturated heterocycles. The van der Waals surface area contributed by atoms with Gasteiger partial charge in [0.1, 0.15) is 0 Å². The second-order valence-electron chi connectivity index (χ2n) is 2.70. The monoisotopic (exact) mass is 212 g/mol. The van der Waals surface area contributed by atoms with Gasteiger partial charge in [-0.25, -0.2) is 0 Å². The summed E-state index contributed by atoms with van der Waals surface area (Å²) in [6.07, 6.45) is 1.54. The van der Waals surface area contributed by atoms with Crippen molar-refractivity contribution in [2.75, 3.05) is 6.61 Å². The van der Waals surface area contributed by atoms with Crippen LogP contribution < -0.4 is 5.30 Å². The lowest BCUT2D eigenvalue weighted by Gasteiger charge is -2.12. The third-order valence-electron chi connectivity index (χ3n) is 1.77. The summed E-state index contributed by atoms with van der Waals surface area (Å²) >= 11 is 0. The van der Waals surface area contributed by atoms with Gasteiger partial charge in [-0.05, 0) is 18.6 Å². The first-order valence-corrected chi connectivity index (χ1v) is 5.89. The highest BCUT2D eigenvalue weighted by Gasteiger charge is 2.23. The van der Waals surface area contributed by atoms with Crippen LogP contribution in [0.3, 0.4) is 0 Å². The highest BCUT2D eigenvalue weighted by Crippen LogP contribution is 2.41. The molecule has 1 unspecified atom stereocenters. The van der Waals surface area contributed by atoms with Crippen molar-refractivity contribution >= 4 is 19.0 Å². The second-order valence-corrected chi connectivity index (χ2v) is 4.48. The number of hydrogen-bond donors (Lipinski definition) is 1. The highest BCUT2D eigenvalue weighted by atomic mass is 31.2. The van der Waals surface area contributed by atoms with Gasteiger partial charge in [0.25, 0.3) is 0 Å². The van der Waals surface area contributed by atoms with Crippen LogP contribution >= 0.6 is 7.60 Å². The van der Waals surface area contributed by atoms with Crippen LogP contribution in [-0.4, -0.2) is 11.5 Å². The van der Waals surface area contributed by atoms with E-state index in [4.69, 9.17) is 4.52 Å². The first-order valence-electron chi connectivity index (χ1n) is 4.31. The van der Waals surface area contributed by atoms with E-state index in [0.717, 1.165) is 0 Å². The molecule has 14 heavy (non-hydrogen) atoms. The summed E-state index contributed by atoms with van der Waals surface area (Å²) in [4.78, 5) is 9.58. The van der Waals surface area contributed by atoms with E-state index in [1.165, 1.54) is 6.08 Å². The van der Waals surface area contributed by atoms with Crippen LogP contribution in [0.1, 0.15) is 12.5 Å². The molecule has 0 aliphatic rings. The van der Waals surface area contributed by atoms with Crippen LogP contribution in [0.2, 0.25) is 0 Å². The predicted octanol–water partition coefficient (Wildman–Crippen LogP) is 2.18. The average Bonchev–Trinajstić information content (AvgIpc) is 2.18. The van der Waals surface area contributed by atoms with E-state index in [9.17, 15) is 9.46 Å². The molecule has 1 rings (SSSR count). The molecule has 1 N–H and O–H groups in total. The highest BCUT2D eigenvalue weighted by molar-refractivity contribution is 7.61. The topological polar surface area (TPSA) is 46.5 Å². The predicted molar refractivity (Wildman–Crippen MR) is 57.6 cm³/mol. The molecule has 0 aliphatic carbocycles. The fraction of sp³-hybridized carbons (Fsp3) is 0.200. The number of rotatable bonds is 4. The Morgan fingerprint density at radius 2 is 2.21 bits per heavy atom. The molecular weight excluding hydrogens is 199 g/mol. The summed E-state index contributed by atoms with van der Waals surface area (Å²) in [5.74, 6) is 0. The summed E-state index contributed by atoms with van der Waals surface area (Å²) in [7, 11) is -3.67. The van der Waals surface area contributed by atoms with Gasteiger partial charge in [0.2, 0.25) is 0 Å². The van der Waals surface area contributed by atoms with Crippen LogP contribution in [0.25, 0.3) is 6.08 Å². The van der Waals surface area contributed by atoms with E-state index in [0.29, 0.717) is 10.9 Å². The summed E-state index contributed by atoms with van der Waals surface area (Å²) in [5.41, 5.74) is 0.631. The van der Waals surface area contributed by atoms with Gasteiger partial charge in [-0.2, -0.15) is 0 Å². The molecule has 0 fully saturated rings. The van der Waals surface area contributed by atoms with E-state index in [1.54, 1.807) is 31.2 Å². The molecule has 0 amide bonds. The Morgan fingerprint density at radius 1 is 1.57 bits per heavy atom. The molecule has 1 aromatic carbocycles. The van der Waals surface area contributed by atoms with Crippen LogP contribution in [0.4, 0.5) is 0 Å². The molecule has 0 saturated carbocycles. The molecule has 0 aliphatic heterocycles. The van der Waals surface area contributed by atoms with Crippen LogP contribution in [0, 0.1) is 0 Å². The molecule has 4 heteroatoms. The summed E-state index contributed by atoms with van der Waals surface area (Å²) < 4.78 is 16.5. The molecule has 0 bridgehead atoms. The lowest BCUT2D eigenvalue weighted by molar-refractivity contribution is 0.284. The minimum Gasteiger partial charge on any atom is -0.321 e. The number of benzene rings is 1. The molecular formula is C10H13O3P. The minimum absolute atomic E-state index is 0.208. The van der Waals surface area contributed by atoms with E-state index in [1.807, 2.05) is 0 Å². The maximum Gasteiger partial charge on any atom is 0.359 e. The lowest BCUT2D eigenvalue weighted by Crippen LogP contribution is -2.10. The van der Waals surface area contributed by atoms with Crippen molar-refractivity contribution in [3.63, 3.8) is 0 Å². The van der Waals surface area contributed by atoms with Crippen molar-refractivity contribution in [2.24, 2.45) is 0 Å². The zero-order valence-electron chi connectivity index (χ0n) is 8.01. The molecule has 76 valence electrons. The molecule has 0 heterocycles. The zero-order chi connectivity index (χ0) is 10.6. The van der Waals surface area contributed by atoms with Gasteiger partial charge >= 0.3 is 7.60 Å². The first-order chi connectivity index (χ1) is 6.61. The smallest absolute Gasteiger partial charge is 0.321 e. The SMILES string of the molecule is C=Cc1ccccc1P(=O)(O)OCC. The lowest BCUT2D eigenvalue weighted by atomic mass is 10.2. The van der Waals surface area contributed by atoms with Crippen LogP contribution in [0.5, 0.6) is 0 Å². The Balaban J connectivity index is 3.17. The van der Waals surface area contributed by atoms with Gasteiger partial charge in [-0.3, -0.25) is 4.57 Å². The van der Waals surface area contributed by atoms with Crippen molar-refractivity contribution in [1.29, 1.82) is 0 Å². The minimum atomic E-state index is -3.67. The van der Waals surface area contributed by atoms with Crippen LogP contribution in [0.15, 0.2) is 30.8 Å². The molecule has 1 aromatic rings. The molecule has 1 atom stereocenters. The Kier molecular flexibility index (Phi) is 3.64. The molecule has 0 radical (unpaired) electrons. The van der Waals surface area contributed by atoms with Crippen LogP contribution in [-0.2, 0) is 9.09 Å². The maximum absolute atomic E-state index is 11.7. The van der Waals surface area contributed by atoms with E-state index in [2.05, 4.69) is 6.58 Å².